The smallest absolute Gasteiger partial charge is 0.326 e. The second-order valence-corrected chi connectivity index (χ2v) is 9.08. The summed E-state index contributed by atoms with van der Waals surface area (Å²) in [5.74, 6) is -4.48. The van der Waals surface area contributed by atoms with Crippen LogP contribution in [0.4, 0.5) is 0 Å². The van der Waals surface area contributed by atoms with E-state index in [4.69, 9.17) is 11.5 Å². The van der Waals surface area contributed by atoms with Crippen molar-refractivity contribution < 1.29 is 34.2 Å². The second-order valence-electron chi connectivity index (χ2n) is 8.10. The van der Waals surface area contributed by atoms with E-state index in [2.05, 4.69) is 16.0 Å². The van der Waals surface area contributed by atoms with E-state index in [1.165, 1.54) is 11.8 Å². The Balaban J connectivity index is 5.46. The Bertz CT molecular complexity index is 694. The highest BCUT2D eigenvalue weighted by Gasteiger charge is 2.31. The molecular weight excluding hydrogens is 466 g/mol. The zero-order valence-corrected chi connectivity index (χ0v) is 20.9. The van der Waals surface area contributed by atoms with Gasteiger partial charge in [-0.25, -0.2) is 4.79 Å². The summed E-state index contributed by atoms with van der Waals surface area (Å²) in [4.78, 5) is 60.8. The van der Waals surface area contributed by atoms with E-state index in [9.17, 15) is 34.2 Å². The van der Waals surface area contributed by atoms with Crippen molar-refractivity contribution in [1.82, 2.24) is 16.0 Å². The number of carbonyl (C=O) groups is 5. The molecule has 12 nitrogen and oxygen atoms in total. The molecule has 0 bridgehead atoms. The average molecular weight is 506 g/mol. The van der Waals surface area contributed by atoms with Gasteiger partial charge in [0.2, 0.25) is 17.7 Å². The van der Waals surface area contributed by atoms with E-state index in [1.54, 1.807) is 6.92 Å². The van der Waals surface area contributed by atoms with Crippen LogP contribution in [0.25, 0.3) is 0 Å². The van der Waals surface area contributed by atoms with Gasteiger partial charge in [0.1, 0.15) is 18.1 Å². The van der Waals surface area contributed by atoms with Gasteiger partial charge in [-0.2, -0.15) is 11.8 Å². The first-order valence-electron chi connectivity index (χ1n) is 11.3. The number of unbranched alkanes of at least 4 members (excludes halogenated alkanes) is 1. The Morgan fingerprint density at radius 3 is 1.94 bits per heavy atom. The van der Waals surface area contributed by atoms with Gasteiger partial charge in [0.05, 0.1) is 12.5 Å². The molecule has 0 spiro atoms. The number of thioether (sulfide) groups is 1. The van der Waals surface area contributed by atoms with Gasteiger partial charge in [-0.15, -0.1) is 0 Å². The fourth-order valence-corrected chi connectivity index (χ4v) is 3.43. The van der Waals surface area contributed by atoms with Crippen LogP contribution >= 0.6 is 11.8 Å². The highest BCUT2D eigenvalue weighted by atomic mass is 32.2. The predicted molar refractivity (Wildman–Crippen MR) is 129 cm³/mol. The van der Waals surface area contributed by atoms with E-state index < -0.39 is 60.2 Å². The van der Waals surface area contributed by atoms with E-state index in [1.807, 2.05) is 13.2 Å². The summed E-state index contributed by atoms with van der Waals surface area (Å²) in [6, 6.07) is -4.66. The van der Waals surface area contributed by atoms with E-state index in [0.29, 0.717) is 31.6 Å². The van der Waals surface area contributed by atoms with Crippen LogP contribution in [-0.2, 0) is 24.0 Å². The standard InChI is InChI=1S/C21H39N5O7S/c1-4-12(2)17(23)20(31)24-13(8-10-34-3)18(29)26-15(11-16(27)28)19(30)25-14(21(32)33)7-5-6-9-22/h12-15,17H,4-11,22-23H2,1-3H3,(H,24,31)(H,25,30)(H,26,29)(H,27,28)(H,32,33). The Hall–Kier alpha value is -2.38. The highest BCUT2D eigenvalue weighted by molar-refractivity contribution is 7.98. The number of carbonyl (C=O) groups excluding carboxylic acids is 3. The van der Waals surface area contributed by atoms with E-state index in [-0.39, 0.29) is 18.8 Å². The molecular formula is C21H39N5O7S. The largest absolute Gasteiger partial charge is 0.481 e. The quantitative estimate of drug-likeness (QED) is 0.116. The minimum Gasteiger partial charge on any atom is -0.481 e. The lowest BCUT2D eigenvalue weighted by atomic mass is 9.99. The summed E-state index contributed by atoms with van der Waals surface area (Å²) in [6.45, 7) is 4.05. The topological polar surface area (TPSA) is 214 Å². The SMILES string of the molecule is CCC(C)C(N)C(=O)NC(CCSC)C(=O)NC(CC(=O)O)C(=O)NC(CCCCN)C(=O)O. The van der Waals surface area contributed by atoms with Crippen LogP contribution in [-0.4, -0.2) is 82.6 Å². The summed E-state index contributed by atoms with van der Waals surface area (Å²) in [7, 11) is 0. The molecule has 0 aromatic heterocycles. The second kappa shape index (κ2) is 17.1. The van der Waals surface area contributed by atoms with Crippen molar-refractivity contribution in [1.29, 1.82) is 0 Å². The molecule has 13 heteroatoms. The molecule has 3 amide bonds. The number of aliphatic carboxylic acids is 2. The number of amides is 3. The summed E-state index contributed by atoms with van der Waals surface area (Å²) in [6.07, 6.45) is 3.05. The fraction of sp³-hybridized carbons (Fsp3) is 0.762. The number of nitrogens with one attached hydrogen (secondary N) is 3. The zero-order valence-electron chi connectivity index (χ0n) is 20.0. The molecule has 0 saturated heterocycles. The van der Waals surface area contributed by atoms with E-state index >= 15 is 0 Å². The van der Waals surface area contributed by atoms with Gasteiger partial charge in [0.25, 0.3) is 0 Å². The molecule has 0 aliphatic heterocycles. The lowest BCUT2D eigenvalue weighted by molar-refractivity contribution is -0.143. The number of carboxylic acid groups (broad SMARTS) is 2. The van der Waals surface area contributed by atoms with Crippen LogP contribution in [0.15, 0.2) is 0 Å². The number of hydrogen-bond donors (Lipinski definition) is 7. The number of nitrogens with two attached hydrogens (primary N) is 2. The normalized spacial score (nSPS) is 15.3. The van der Waals surface area contributed by atoms with Crippen LogP contribution in [0, 0.1) is 5.92 Å². The minimum atomic E-state index is -1.53. The van der Waals surface area contributed by atoms with Crippen LogP contribution < -0.4 is 27.4 Å². The number of hydrogen-bond acceptors (Lipinski definition) is 8. The maximum atomic E-state index is 12.9. The van der Waals surface area contributed by atoms with Gasteiger partial charge < -0.3 is 37.6 Å². The van der Waals surface area contributed by atoms with Crippen LogP contribution in [0.3, 0.4) is 0 Å². The molecule has 0 aliphatic rings. The zero-order chi connectivity index (χ0) is 26.3. The maximum absolute atomic E-state index is 12.9. The van der Waals surface area contributed by atoms with Gasteiger partial charge in [-0.1, -0.05) is 20.3 Å². The Morgan fingerprint density at radius 1 is 0.882 bits per heavy atom. The van der Waals surface area contributed by atoms with Crippen LogP contribution in [0.5, 0.6) is 0 Å². The fourth-order valence-electron chi connectivity index (χ4n) is 2.96. The van der Waals surface area contributed by atoms with Crippen molar-refractivity contribution in [3.8, 4) is 0 Å². The molecule has 0 aliphatic carbocycles. The van der Waals surface area contributed by atoms with Gasteiger partial charge in [0, 0.05) is 0 Å². The van der Waals surface area contributed by atoms with E-state index in [0.717, 1.165) is 0 Å². The molecule has 0 fully saturated rings. The molecule has 0 aromatic carbocycles. The summed E-state index contributed by atoms with van der Waals surface area (Å²) in [5.41, 5.74) is 11.3. The molecule has 34 heavy (non-hydrogen) atoms. The molecule has 5 unspecified atom stereocenters. The van der Waals surface area contributed by atoms with Gasteiger partial charge in [0.15, 0.2) is 0 Å². The highest BCUT2D eigenvalue weighted by Crippen LogP contribution is 2.08. The molecule has 0 aromatic rings. The molecule has 0 heterocycles. The molecule has 5 atom stereocenters. The third-order valence-electron chi connectivity index (χ3n) is 5.38. The van der Waals surface area contributed by atoms with Gasteiger partial charge in [-0.05, 0) is 50.2 Å². The van der Waals surface area contributed by atoms with Crippen molar-refractivity contribution in [2.24, 2.45) is 17.4 Å². The molecule has 0 radical (unpaired) electrons. The molecule has 9 N–H and O–H groups in total. The first-order chi connectivity index (χ1) is 16.0. The average Bonchev–Trinajstić information content (AvgIpc) is 2.78. The minimum absolute atomic E-state index is 0.103. The van der Waals surface area contributed by atoms with Crippen molar-refractivity contribution >= 4 is 41.4 Å². The summed E-state index contributed by atoms with van der Waals surface area (Å²) >= 11 is 1.44. The van der Waals surface area contributed by atoms with Gasteiger partial charge in [-0.3, -0.25) is 19.2 Å². The Labute approximate surface area is 204 Å². The van der Waals surface area contributed by atoms with Crippen LogP contribution in [0.2, 0.25) is 0 Å². The lowest BCUT2D eigenvalue weighted by Gasteiger charge is -2.25. The molecule has 0 rings (SSSR count). The molecule has 0 saturated carbocycles. The molecule has 196 valence electrons. The lowest BCUT2D eigenvalue weighted by Crippen LogP contribution is -2.58. The first-order valence-corrected chi connectivity index (χ1v) is 12.7. The summed E-state index contributed by atoms with van der Waals surface area (Å²) < 4.78 is 0. The third kappa shape index (κ3) is 12.2. The third-order valence-corrected chi connectivity index (χ3v) is 6.02. The van der Waals surface area contributed by atoms with Gasteiger partial charge >= 0.3 is 11.9 Å². The van der Waals surface area contributed by atoms with Crippen LogP contribution in [0.1, 0.15) is 52.4 Å². The predicted octanol–water partition coefficient (Wildman–Crippen LogP) is -0.744. The Morgan fingerprint density at radius 2 is 1.44 bits per heavy atom. The number of rotatable bonds is 18. The monoisotopic (exact) mass is 505 g/mol. The van der Waals surface area contributed by atoms with Crippen molar-refractivity contribution in [3.05, 3.63) is 0 Å². The van der Waals surface area contributed by atoms with Crippen molar-refractivity contribution in [2.45, 2.75) is 76.5 Å². The van der Waals surface area contributed by atoms with Crippen molar-refractivity contribution in [3.63, 3.8) is 0 Å². The first kappa shape index (κ1) is 31.6. The number of carboxylic acids is 2. The Kier molecular flexibility index (Phi) is 15.9. The summed E-state index contributed by atoms with van der Waals surface area (Å²) in [5, 5.41) is 25.8. The maximum Gasteiger partial charge on any atom is 0.326 e. The van der Waals surface area contributed by atoms with Crippen molar-refractivity contribution in [2.75, 3.05) is 18.6 Å².